The van der Waals surface area contributed by atoms with Crippen molar-refractivity contribution in [2.24, 2.45) is 5.92 Å². The number of rotatable bonds is 5. The second kappa shape index (κ2) is 7.20. The normalized spacial score (nSPS) is 18.3. The molecule has 2 heterocycles. The highest BCUT2D eigenvalue weighted by Gasteiger charge is 2.24. The van der Waals surface area contributed by atoms with Crippen LogP contribution in [0.4, 0.5) is 0 Å². The highest BCUT2D eigenvalue weighted by Crippen LogP contribution is 2.21. The first-order valence-electron chi connectivity index (χ1n) is 7.91. The van der Waals surface area contributed by atoms with Crippen LogP contribution in [0.5, 0.6) is 0 Å². The number of benzene rings is 1. The lowest BCUT2D eigenvalue weighted by molar-refractivity contribution is 0.0947. The van der Waals surface area contributed by atoms with Gasteiger partial charge in [-0.05, 0) is 49.6 Å². The molecule has 1 amide bonds. The maximum absolute atomic E-state index is 12.3. The summed E-state index contributed by atoms with van der Waals surface area (Å²) < 4.78 is 5.38. The van der Waals surface area contributed by atoms with Crippen LogP contribution in [0, 0.1) is 12.8 Å². The van der Waals surface area contributed by atoms with E-state index in [0.29, 0.717) is 23.0 Å². The van der Waals surface area contributed by atoms with Gasteiger partial charge in [-0.1, -0.05) is 23.7 Å². The van der Waals surface area contributed by atoms with Crippen LogP contribution in [0.25, 0.3) is 0 Å². The third-order valence-corrected chi connectivity index (χ3v) is 4.82. The summed E-state index contributed by atoms with van der Waals surface area (Å²) in [6.07, 6.45) is 2.79. The summed E-state index contributed by atoms with van der Waals surface area (Å²) in [5.74, 6) is 1.36. The maximum Gasteiger partial charge on any atom is 0.252 e. The summed E-state index contributed by atoms with van der Waals surface area (Å²) >= 11 is 6.21. The molecule has 0 bridgehead atoms. The molecule has 1 unspecified atom stereocenters. The van der Waals surface area contributed by atoms with Gasteiger partial charge < -0.3 is 9.73 Å². The van der Waals surface area contributed by atoms with Crippen molar-refractivity contribution >= 4 is 17.5 Å². The van der Waals surface area contributed by atoms with Crippen LogP contribution in [0.2, 0.25) is 5.02 Å². The van der Waals surface area contributed by atoms with Gasteiger partial charge in [-0.3, -0.25) is 9.69 Å². The van der Waals surface area contributed by atoms with Crippen molar-refractivity contribution in [3.63, 3.8) is 0 Å². The highest BCUT2D eigenvalue weighted by atomic mass is 35.5. The number of furan rings is 1. The Morgan fingerprint density at radius 1 is 1.39 bits per heavy atom. The molecule has 1 aromatic heterocycles. The lowest BCUT2D eigenvalue weighted by atomic mass is 10.1. The van der Waals surface area contributed by atoms with Crippen molar-refractivity contribution in [3.8, 4) is 0 Å². The van der Waals surface area contributed by atoms with Gasteiger partial charge >= 0.3 is 0 Å². The van der Waals surface area contributed by atoms with Crippen molar-refractivity contribution in [1.82, 2.24) is 10.2 Å². The van der Waals surface area contributed by atoms with E-state index in [1.54, 1.807) is 12.3 Å². The molecule has 1 fully saturated rings. The standard InChI is InChI=1S/C18H21ClN2O2/c1-13-4-2-6-16(17(13)19)18(22)20-10-14-7-8-21(11-14)12-15-5-3-9-23-15/h2-6,9,14H,7-8,10-12H2,1H3,(H,20,22). The van der Waals surface area contributed by atoms with Gasteiger partial charge in [0.15, 0.2) is 0 Å². The van der Waals surface area contributed by atoms with Crippen LogP contribution in [0.3, 0.4) is 0 Å². The number of likely N-dealkylation sites (tertiary alicyclic amines) is 1. The molecule has 23 heavy (non-hydrogen) atoms. The maximum atomic E-state index is 12.3. The van der Waals surface area contributed by atoms with E-state index < -0.39 is 0 Å². The van der Waals surface area contributed by atoms with E-state index in [0.717, 1.165) is 37.4 Å². The van der Waals surface area contributed by atoms with E-state index in [1.807, 2.05) is 31.2 Å². The van der Waals surface area contributed by atoms with Crippen LogP contribution in [-0.4, -0.2) is 30.4 Å². The molecule has 1 N–H and O–H groups in total. The molecule has 122 valence electrons. The molecule has 1 aliphatic rings. The molecule has 0 aliphatic carbocycles. The molecule has 2 aromatic rings. The van der Waals surface area contributed by atoms with Gasteiger partial charge in [-0.2, -0.15) is 0 Å². The van der Waals surface area contributed by atoms with Gasteiger partial charge in [0.25, 0.3) is 5.91 Å². The van der Waals surface area contributed by atoms with Gasteiger partial charge in [0.1, 0.15) is 5.76 Å². The zero-order chi connectivity index (χ0) is 16.2. The van der Waals surface area contributed by atoms with E-state index in [2.05, 4.69) is 10.2 Å². The number of aryl methyl sites for hydroxylation is 1. The lowest BCUT2D eigenvalue weighted by Crippen LogP contribution is -2.31. The minimum absolute atomic E-state index is 0.0943. The molecule has 1 aromatic carbocycles. The van der Waals surface area contributed by atoms with E-state index in [-0.39, 0.29) is 5.91 Å². The van der Waals surface area contributed by atoms with Gasteiger partial charge in [0.05, 0.1) is 23.4 Å². The third-order valence-electron chi connectivity index (χ3n) is 4.32. The van der Waals surface area contributed by atoms with Gasteiger partial charge in [-0.15, -0.1) is 0 Å². The molecule has 1 atom stereocenters. The van der Waals surface area contributed by atoms with Crippen LogP contribution in [0.15, 0.2) is 41.0 Å². The fourth-order valence-electron chi connectivity index (χ4n) is 3.00. The quantitative estimate of drug-likeness (QED) is 0.911. The van der Waals surface area contributed by atoms with Crippen molar-refractivity contribution in [3.05, 3.63) is 58.5 Å². The molecule has 0 spiro atoms. The van der Waals surface area contributed by atoms with Crippen molar-refractivity contribution in [2.75, 3.05) is 19.6 Å². The first-order chi connectivity index (χ1) is 11.1. The number of amides is 1. The molecule has 1 saturated heterocycles. The summed E-state index contributed by atoms with van der Waals surface area (Å²) in [5, 5.41) is 3.55. The monoisotopic (exact) mass is 332 g/mol. The zero-order valence-corrected chi connectivity index (χ0v) is 14.0. The summed E-state index contributed by atoms with van der Waals surface area (Å²) in [4.78, 5) is 14.6. The Kier molecular flexibility index (Phi) is 5.03. The van der Waals surface area contributed by atoms with Crippen molar-refractivity contribution in [1.29, 1.82) is 0 Å². The first kappa shape index (κ1) is 16.1. The number of carbonyl (C=O) groups is 1. The molecule has 5 heteroatoms. The average Bonchev–Trinajstić information content (AvgIpc) is 3.20. The Morgan fingerprint density at radius 2 is 2.26 bits per heavy atom. The topological polar surface area (TPSA) is 45.5 Å². The summed E-state index contributed by atoms with van der Waals surface area (Å²) in [6, 6.07) is 9.44. The molecular weight excluding hydrogens is 312 g/mol. The summed E-state index contributed by atoms with van der Waals surface area (Å²) in [5.41, 5.74) is 1.47. The molecule has 4 nitrogen and oxygen atoms in total. The van der Waals surface area contributed by atoms with Gasteiger partial charge in [-0.25, -0.2) is 0 Å². The smallest absolute Gasteiger partial charge is 0.252 e. The molecular formula is C18H21ClN2O2. The minimum atomic E-state index is -0.0943. The van der Waals surface area contributed by atoms with Crippen LogP contribution in [0.1, 0.15) is 28.1 Å². The summed E-state index contributed by atoms with van der Waals surface area (Å²) in [6.45, 7) is 5.43. The number of halogens is 1. The van der Waals surface area contributed by atoms with E-state index in [9.17, 15) is 4.79 Å². The SMILES string of the molecule is Cc1cccc(C(=O)NCC2CCN(Cc3ccco3)C2)c1Cl. The highest BCUT2D eigenvalue weighted by molar-refractivity contribution is 6.34. The Bertz CT molecular complexity index is 670. The Morgan fingerprint density at radius 3 is 3.04 bits per heavy atom. The Hall–Kier alpha value is -1.78. The number of hydrogen-bond donors (Lipinski definition) is 1. The van der Waals surface area contributed by atoms with E-state index >= 15 is 0 Å². The van der Waals surface area contributed by atoms with Gasteiger partial charge in [0.2, 0.25) is 0 Å². The number of hydrogen-bond acceptors (Lipinski definition) is 3. The predicted molar refractivity (Wildman–Crippen MR) is 90.6 cm³/mol. The number of carbonyl (C=O) groups excluding carboxylic acids is 1. The Balaban J connectivity index is 1.49. The Labute approximate surface area is 141 Å². The van der Waals surface area contributed by atoms with Crippen molar-refractivity contribution < 1.29 is 9.21 Å². The van der Waals surface area contributed by atoms with Crippen LogP contribution >= 0.6 is 11.6 Å². The second-order valence-electron chi connectivity index (χ2n) is 6.12. The molecule has 3 rings (SSSR count). The number of nitrogens with one attached hydrogen (secondary N) is 1. The van der Waals surface area contributed by atoms with Crippen LogP contribution in [-0.2, 0) is 6.54 Å². The first-order valence-corrected chi connectivity index (χ1v) is 8.29. The average molecular weight is 333 g/mol. The predicted octanol–water partition coefficient (Wildman–Crippen LogP) is 3.49. The van der Waals surface area contributed by atoms with Gasteiger partial charge in [0, 0.05) is 13.1 Å². The largest absolute Gasteiger partial charge is 0.468 e. The molecule has 0 saturated carbocycles. The van der Waals surface area contributed by atoms with Crippen LogP contribution < -0.4 is 5.32 Å². The second-order valence-corrected chi connectivity index (χ2v) is 6.49. The zero-order valence-electron chi connectivity index (χ0n) is 13.2. The number of nitrogens with zero attached hydrogens (tertiary/aromatic N) is 1. The molecule has 0 radical (unpaired) electrons. The van der Waals surface area contributed by atoms with Crippen molar-refractivity contribution in [2.45, 2.75) is 19.9 Å². The lowest BCUT2D eigenvalue weighted by Gasteiger charge is -2.15. The van der Waals surface area contributed by atoms with E-state index in [1.165, 1.54) is 0 Å². The fourth-order valence-corrected chi connectivity index (χ4v) is 3.21. The summed E-state index contributed by atoms with van der Waals surface area (Å²) in [7, 11) is 0. The minimum Gasteiger partial charge on any atom is -0.468 e. The van der Waals surface area contributed by atoms with E-state index in [4.69, 9.17) is 16.0 Å². The fraction of sp³-hybridized carbons (Fsp3) is 0.389. The third kappa shape index (κ3) is 3.95. The molecule has 1 aliphatic heterocycles.